The Morgan fingerprint density at radius 1 is 1.09 bits per heavy atom. The topological polar surface area (TPSA) is 88.2 Å². The van der Waals surface area contributed by atoms with E-state index in [0.29, 0.717) is 36.8 Å². The van der Waals surface area contributed by atoms with Crippen LogP contribution in [0.25, 0.3) is 0 Å². The second kappa shape index (κ2) is 9.72. The van der Waals surface area contributed by atoms with Gasteiger partial charge in [0, 0.05) is 13.1 Å². The molecule has 1 saturated heterocycles. The molecular weight excluding hydrogens is 410 g/mol. The van der Waals surface area contributed by atoms with Crippen molar-refractivity contribution in [3.05, 3.63) is 59.7 Å². The van der Waals surface area contributed by atoms with Crippen molar-refractivity contribution in [3.63, 3.8) is 0 Å². The Morgan fingerprint density at radius 3 is 2.44 bits per heavy atom. The lowest BCUT2D eigenvalue weighted by atomic mass is 9.92. The summed E-state index contributed by atoms with van der Waals surface area (Å²) in [6.45, 7) is 6.33. The van der Waals surface area contributed by atoms with E-state index in [2.05, 4.69) is 5.32 Å². The molecule has 0 radical (unpaired) electrons. The molecule has 170 valence electrons. The molecule has 0 bridgehead atoms. The molecule has 4 amide bonds. The molecule has 1 aliphatic heterocycles. The van der Waals surface area contributed by atoms with Crippen LogP contribution in [0.15, 0.2) is 48.5 Å². The van der Waals surface area contributed by atoms with Crippen LogP contribution < -0.4 is 14.8 Å². The number of nitrogens with zero attached hydrogens (tertiary/aromatic N) is 2. The van der Waals surface area contributed by atoms with Crippen molar-refractivity contribution >= 4 is 17.8 Å². The summed E-state index contributed by atoms with van der Waals surface area (Å²) in [4.78, 5) is 41.2. The first-order chi connectivity index (χ1) is 15.3. The number of urea groups is 1. The Kier molecular flexibility index (Phi) is 7.02. The molecular formula is C24H29N3O5. The maximum Gasteiger partial charge on any atom is 0.325 e. The average molecular weight is 440 g/mol. The van der Waals surface area contributed by atoms with Crippen molar-refractivity contribution in [2.75, 3.05) is 26.8 Å². The van der Waals surface area contributed by atoms with Crippen LogP contribution in [0.5, 0.6) is 11.5 Å². The Balaban J connectivity index is 1.73. The van der Waals surface area contributed by atoms with Crippen LogP contribution in [0.4, 0.5) is 4.79 Å². The highest BCUT2D eigenvalue weighted by Crippen LogP contribution is 2.30. The van der Waals surface area contributed by atoms with E-state index in [4.69, 9.17) is 9.47 Å². The van der Waals surface area contributed by atoms with Gasteiger partial charge in [-0.25, -0.2) is 4.79 Å². The number of hydrogen-bond donors (Lipinski definition) is 1. The molecule has 0 saturated carbocycles. The van der Waals surface area contributed by atoms with Crippen molar-refractivity contribution in [2.24, 2.45) is 0 Å². The summed E-state index contributed by atoms with van der Waals surface area (Å²) < 4.78 is 10.9. The number of rotatable bonds is 9. The van der Waals surface area contributed by atoms with Gasteiger partial charge in [0.25, 0.3) is 5.91 Å². The molecule has 32 heavy (non-hydrogen) atoms. The average Bonchev–Trinajstić information content (AvgIpc) is 3.02. The third-order valence-corrected chi connectivity index (χ3v) is 5.56. The number of hydrogen-bond acceptors (Lipinski definition) is 5. The van der Waals surface area contributed by atoms with Gasteiger partial charge < -0.3 is 19.7 Å². The van der Waals surface area contributed by atoms with Gasteiger partial charge in [-0.1, -0.05) is 36.4 Å². The maximum atomic E-state index is 13.1. The summed E-state index contributed by atoms with van der Waals surface area (Å²) in [7, 11) is 1.56. The molecule has 8 heteroatoms. The predicted molar refractivity (Wildman–Crippen MR) is 119 cm³/mol. The summed E-state index contributed by atoms with van der Waals surface area (Å²) in [5.74, 6) is 0.454. The zero-order chi connectivity index (χ0) is 23.3. The van der Waals surface area contributed by atoms with Crippen molar-refractivity contribution < 1.29 is 23.9 Å². The van der Waals surface area contributed by atoms with Gasteiger partial charge in [-0.15, -0.1) is 0 Å². The Labute approximate surface area is 188 Å². The van der Waals surface area contributed by atoms with Crippen LogP contribution in [0.1, 0.15) is 31.9 Å². The molecule has 2 aromatic rings. The summed E-state index contributed by atoms with van der Waals surface area (Å²) in [5, 5.41) is 2.73. The Hall–Kier alpha value is -3.55. The quantitative estimate of drug-likeness (QED) is 0.607. The molecule has 8 nitrogen and oxygen atoms in total. The van der Waals surface area contributed by atoms with E-state index in [9.17, 15) is 14.4 Å². The zero-order valence-electron chi connectivity index (χ0n) is 18.9. The number of carbonyl (C=O) groups is 3. The first-order valence-corrected chi connectivity index (χ1v) is 10.6. The molecule has 1 atom stereocenters. The number of carbonyl (C=O) groups excluding carboxylic acids is 3. The fourth-order valence-electron chi connectivity index (χ4n) is 3.72. The van der Waals surface area contributed by atoms with Crippen LogP contribution >= 0.6 is 0 Å². The van der Waals surface area contributed by atoms with Gasteiger partial charge in [0.05, 0.1) is 13.7 Å². The molecule has 0 aliphatic carbocycles. The Bertz CT molecular complexity index is 994. The van der Waals surface area contributed by atoms with Gasteiger partial charge in [-0.2, -0.15) is 0 Å². The minimum atomic E-state index is -1.20. The Morgan fingerprint density at radius 2 is 1.81 bits per heavy atom. The number of amides is 4. The second-order valence-corrected chi connectivity index (χ2v) is 7.64. The van der Waals surface area contributed by atoms with Gasteiger partial charge in [0.1, 0.15) is 12.1 Å². The van der Waals surface area contributed by atoms with Gasteiger partial charge in [-0.3, -0.25) is 14.5 Å². The fraction of sp³-hybridized carbons (Fsp3) is 0.375. The fourth-order valence-corrected chi connectivity index (χ4v) is 3.72. The van der Waals surface area contributed by atoms with Crippen LogP contribution in [-0.2, 0) is 21.7 Å². The lowest BCUT2D eigenvalue weighted by Gasteiger charge is -2.25. The highest BCUT2D eigenvalue weighted by Gasteiger charge is 2.49. The standard InChI is InChI=1S/C24H29N3O5/c1-5-26(15-17-12-13-19(32-6-2)20(14-17)31-4)21(28)16-27-22(29)24(3,25-23(27)30)18-10-8-7-9-11-18/h7-14H,5-6,15-16H2,1-4H3,(H,25,30). The first kappa shape index (κ1) is 23.1. The van der Waals surface area contributed by atoms with Crippen molar-refractivity contribution in [1.29, 1.82) is 0 Å². The van der Waals surface area contributed by atoms with E-state index < -0.39 is 17.5 Å². The summed E-state index contributed by atoms with van der Waals surface area (Å²) in [6.07, 6.45) is 0. The molecule has 1 unspecified atom stereocenters. The molecule has 0 spiro atoms. The SMILES string of the molecule is CCOc1ccc(CN(CC)C(=O)CN2C(=O)NC(C)(c3ccccc3)C2=O)cc1OC. The lowest BCUT2D eigenvalue weighted by molar-refractivity contribution is -0.139. The van der Waals surface area contributed by atoms with Crippen molar-refractivity contribution in [2.45, 2.75) is 32.9 Å². The highest BCUT2D eigenvalue weighted by molar-refractivity contribution is 6.09. The second-order valence-electron chi connectivity index (χ2n) is 7.64. The van der Waals surface area contributed by atoms with Crippen molar-refractivity contribution in [1.82, 2.24) is 15.1 Å². The number of methoxy groups -OCH3 is 1. The van der Waals surface area contributed by atoms with E-state index >= 15 is 0 Å². The van der Waals surface area contributed by atoms with E-state index in [-0.39, 0.29) is 12.5 Å². The van der Waals surface area contributed by atoms with Crippen LogP contribution in [0.3, 0.4) is 0 Å². The van der Waals surface area contributed by atoms with Gasteiger partial charge in [0.2, 0.25) is 5.91 Å². The van der Waals surface area contributed by atoms with E-state index in [1.54, 1.807) is 49.3 Å². The first-order valence-electron chi connectivity index (χ1n) is 10.6. The molecule has 1 heterocycles. The van der Waals surface area contributed by atoms with Crippen LogP contribution in [-0.4, -0.2) is 54.5 Å². The molecule has 3 rings (SSSR count). The van der Waals surface area contributed by atoms with Crippen molar-refractivity contribution in [3.8, 4) is 11.5 Å². The summed E-state index contributed by atoms with van der Waals surface area (Å²) >= 11 is 0. The number of benzene rings is 2. The lowest BCUT2D eigenvalue weighted by Crippen LogP contribution is -2.44. The number of likely N-dealkylation sites (N-methyl/N-ethyl adjacent to an activating group) is 1. The van der Waals surface area contributed by atoms with Gasteiger partial charge >= 0.3 is 6.03 Å². The minimum Gasteiger partial charge on any atom is -0.493 e. The van der Waals surface area contributed by atoms with Gasteiger partial charge in [0.15, 0.2) is 11.5 Å². The normalized spacial score (nSPS) is 17.8. The summed E-state index contributed by atoms with van der Waals surface area (Å²) in [6, 6.07) is 13.9. The largest absolute Gasteiger partial charge is 0.493 e. The smallest absolute Gasteiger partial charge is 0.325 e. The zero-order valence-corrected chi connectivity index (χ0v) is 18.9. The molecule has 1 fully saturated rings. The monoisotopic (exact) mass is 439 g/mol. The third kappa shape index (κ3) is 4.54. The molecule has 0 aromatic heterocycles. The molecule has 1 aliphatic rings. The minimum absolute atomic E-state index is 0.317. The van der Waals surface area contributed by atoms with E-state index in [0.717, 1.165) is 10.5 Å². The highest BCUT2D eigenvalue weighted by atomic mass is 16.5. The van der Waals surface area contributed by atoms with E-state index in [1.165, 1.54) is 0 Å². The summed E-state index contributed by atoms with van der Waals surface area (Å²) in [5.41, 5.74) is 0.326. The van der Waals surface area contributed by atoms with E-state index in [1.807, 2.05) is 32.0 Å². The van der Waals surface area contributed by atoms with Gasteiger partial charge in [-0.05, 0) is 44.0 Å². The van der Waals surface area contributed by atoms with Crippen LogP contribution in [0.2, 0.25) is 0 Å². The number of ether oxygens (including phenoxy) is 2. The third-order valence-electron chi connectivity index (χ3n) is 5.56. The predicted octanol–water partition coefficient (Wildman–Crippen LogP) is 2.91. The number of imide groups is 1. The molecule has 1 N–H and O–H groups in total. The molecule has 2 aromatic carbocycles. The van der Waals surface area contributed by atoms with Crippen LogP contribution in [0, 0.1) is 0 Å². The maximum absolute atomic E-state index is 13.1. The number of nitrogens with one attached hydrogen (secondary N) is 1.